The lowest BCUT2D eigenvalue weighted by molar-refractivity contribution is -0.154. The Morgan fingerprint density at radius 3 is 2.30 bits per heavy atom. The van der Waals surface area contributed by atoms with Crippen molar-refractivity contribution in [1.82, 2.24) is 0 Å². The number of unbranched alkanes of at least 4 members (excludes halogenated alkanes) is 1. The summed E-state index contributed by atoms with van der Waals surface area (Å²) in [7, 11) is 0. The normalized spacial score (nSPS) is 25.4. The fourth-order valence-corrected chi connectivity index (χ4v) is 2.95. The maximum Gasteiger partial charge on any atom is 0.309 e. The molecule has 1 saturated carbocycles. The Hall–Kier alpha value is -0.900. The van der Waals surface area contributed by atoms with Gasteiger partial charge in [0, 0.05) is 12.3 Å². The number of ether oxygens (including phenoxy) is 2. The molecule has 0 aromatic carbocycles. The lowest BCUT2D eigenvalue weighted by atomic mass is 9.76. The number of epoxide rings is 1. The van der Waals surface area contributed by atoms with Crippen molar-refractivity contribution in [2.75, 3.05) is 13.2 Å². The predicted octanol–water partition coefficient (Wildman–Crippen LogP) is 4.55. The Morgan fingerprint density at radius 2 is 1.74 bits per heavy atom. The third-order valence-electron chi connectivity index (χ3n) is 4.34. The van der Waals surface area contributed by atoms with Gasteiger partial charge in [0.2, 0.25) is 0 Å². The van der Waals surface area contributed by atoms with Crippen LogP contribution in [-0.2, 0) is 19.1 Å². The summed E-state index contributed by atoms with van der Waals surface area (Å²) < 4.78 is 10.5. The van der Waals surface area contributed by atoms with Crippen LogP contribution in [0.15, 0.2) is 0 Å². The molecular formula is C19H36O4. The first-order valence-corrected chi connectivity index (χ1v) is 9.03. The standard InChI is InChI=1S/C16H26O4.C2H6.CH4/c1-2-3-10-19-16(18)14-7-5-4-6-13(14)15(17)9-8-12-11-20-12;1-2;/h12-14H,2-11H2,1H3;1-2H3;1H4. The summed E-state index contributed by atoms with van der Waals surface area (Å²) in [6.45, 7) is 7.35. The molecule has 2 rings (SSSR count). The summed E-state index contributed by atoms with van der Waals surface area (Å²) >= 11 is 0. The van der Waals surface area contributed by atoms with Crippen molar-refractivity contribution >= 4 is 11.8 Å². The molecule has 1 heterocycles. The number of ketones is 1. The van der Waals surface area contributed by atoms with E-state index in [2.05, 4.69) is 6.92 Å². The molecule has 3 atom stereocenters. The molecule has 0 aromatic heterocycles. The molecule has 0 radical (unpaired) electrons. The summed E-state index contributed by atoms with van der Waals surface area (Å²) in [4.78, 5) is 24.5. The second-order valence-electron chi connectivity index (χ2n) is 5.98. The van der Waals surface area contributed by atoms with Gasteiger partial charge < -0.3 is 9.47 Å². The van der Waals surface area contributed by atoms with Crippen LogP contribution < -0.4 is 0 Å². The molecule has 1 saturated heterocycles. The Kier molecular flexibility index (Phi) is 12.0. The number of carbonyl (C=O) groups is 2. The average Bonchev–Trinajstić information content (AvgIpc) is 3.39. The van der Waals surface area contributed by atoms with Crippen molar-refractivity contribution in [2.45, 2.75) is 85.7 Å². The maximum absolute atomic E-state index is 12.3. The van der Waals surface area contributed by atoms with Crippen molar-refractivity contribution in [3.05, 3.63) is 0 Å². The van der Waals surface area contributed by atoms with Gasteiger partial charge in [0.25, 0.3) is 0 Å². The van der Waals surface area contributed by atoms with Gasteiger partial charge >= 0.3 is 5.97 Å². The molecule has 0 spiro atoms. The van der Waals surface area contributed by atoms with E-state index in [0.717, 1.165) is 51.6 Å². The van der Waals surface area contributed by atoms with Gasteiger partial charge in [-0.1, -0.05) is 47.5 Å². The van der Waals surface area contributed by atoms with E-state index in [1.807, 2.05) is 13.8 Å². The Morgan fingerprint density at radius 1 is 1.13 bits per heavy atom. The van der Waals surface area contributed by atoms with Gasteiger partial charge in [-0.2, -0.15) is 0 Å². The Balaban J connectivity index is 0.00000155. The topological polar surface area (TPSA) is 55.9 Å². The molecule has 136 valence electrons. The summed E-state index contributed by atoms with van der Waals surface area (Å²) in [5, 5.41) is 0. The number of esters is 1. The third-order valence-corrected chi connectivity index (χ3v) is 4.34. The lowest BCUT2D eigenvalue weighted by Gasteiger charge is -2.28. The number of carbonyl (C=O) groups excluding carboxylic acids is 2. The van der Waals surface area contributed by atoms with Crippen LogP contribution in [0.4, 0.5) is 0 Å². The average molecular weight is 328 g/mol. The van der Waals surface area contributed by atoms with Gasteiger partial charge in [-0.3, -0.25) is 9.59 Å². The zero-order valence-electron chi connectivity index (χ0n) is 14.4. The highest BCUT2D eigenvalue weighted by molar-refractivity contribution is 5.87. The fourth-order valence-electron chi connectivity index (χ4n) is 2.95. The van der Waals surface area contributed by atoms with E-state index in [9.17, 15) is 9.59 Å². The molecular weight excluding hydrogens is 292 g/mol. The molecule has 23 heavy (non-hydrogen) atoms. The van der Waals surface area contributed by atoms with Crippen molar-refractivity contribution in [1.29, 1.82) is 0 Å². The molecule has 0 bridgehead atoms. The molecule has 0 N–H and O–H groups in total. The zero-order valence-corrected chi connectivity index (χ0v) is 14.4. The van der Waals surface area contributed by atoms with Crippen molar-refractivity contribution < 1.29 is 19.1 Å². The van der Waals surface area contributed by atoms with Crippen LogP contribution in [0, 0.1) is 11.8 Å². The monoisotopic (exact) mass is 328 g/mol. The summed E-state index contributed by atoms with van der Waals surface area (Å²) in [5.41, 5.74) is 0. The molecule has 0 amide bonds. The number of Topliss-reactive ketones (excluding diaryl/α,β-unsaturated/α-hetero) is 1. The number of hydrogen-bond donors (Lipinski definition) is 0. The molecule has 4 nitrogen and oxygen atoms in total. The van der Waals surface area contributed by atoms with Gasteiger partial charge in [-0.05, 0) is 25.7 Å². The van der Waals surface area contributed by atoms with E-state index < -0.39 is 0 Å². The van der Waals surface area contributed by atoms with Crippen LogP contribution in [-0.4, -0.2) is 31.1 Å². The number of hydrogen-bond acceptors (Lipinski definition) is 4. The van der Waals surface area contributed by atoms with Crippen LogP contribution in [0.3, 0.4) is 0 Å². The quantitative estimate of drug-likeness (QED) is 0.373. The predicted molar refractivity (Wildman–Crippen MR) is 93.4 cm³/mol. The largest absolute Gasteiger partial charge is 0.465 e. The highest BCUT2D eigenvalue weighted by Gasteiger charge is 2.37. The third kappa shape index (κ3) is 7.96. The SMILES string of the molecule is C.CC.CCCCOC(=O)C1CCCCC1C(=O)CCC1CO1. The number of rotatable bonds is 8. The first kappa shape index (κ1) is 22.1. The van der Waals surface area contributed by atoms with Gasteiger partial charge in [0.05, 0.1) is 25.2 Å². The van der Waals surface area contributed by atoms with Gasteiger partial charge in [-0.15, -0.1) is 0 Å². The lowest BCUT2D eigenvalue weighted by Crippen LogP contribution is -2.34. The highest BCUT2D eigenvalue weighted by Crippen LogP contribution is 2.33. The minimum absolute atomic E-state index is 0. The molecule has 4 heteroatoms. The molecule has 1 aliphatic carbocycles. The molecule has 0 aromatic rings. The molecule has 2 fully saturated rings. The van der Waals surface area contributed by atoms with Crippen molar-refractivity contribution in [3.8, 4) is 0 Å². The second-order valence-corrected chi connectivity index (χ2v) is 5.98. The van der Waals surface area contributed by atoms with Crippen molar-refractivity contribution in [3.63, 3.8) is 0 Å². The Bertz CT molecular complexity index is 336. The smallest absolute Gasteiger partial charge is 0.309 e. The Labute approximate surface area is 142 Å². The van der Waals surface area contributed by atoms with E-state index in [1.165, 1.54) is 0 Å². The first-order valence-electron chi connectivity index (χ1n) is 9.03. The molecule has 1 aliphatic heterocycles. The molecule has 3 unspecified atom stereocenters. The van der Waals surface area contributed by atoms with E-state index >= 15 is 0 Å². The van der Waals surface area contributed by atoms with Crippen LogP contribution >= 0.6 is 0 Å². The van der Waals surface area contributed by atoms with E-state index in [-0.39, 0.29) is 37.1 Å². The zero-order chi connectivity index (χ0) is 16.4. The van der Waals surface area contributed by atoms with Crippen LogP contribution in [0.5, 0.6) is 0 Å². The van der Waals surface area contributed by atoms with Crippen LogP contribution in [0.25, 0.3) is 0 Å². The van der Waals surface area contributed by atoms with Gasteiger partial charge in [0.15, 0.2) is 0 Å². The minimum Gasteiger partial charge on any atom is -0.465 e. The highest BCUT2D eigenvalue weighted by atomic mass is 16.6. The van der Waals surface area contributed by atoms with E-state index in [4.69, 9.17) is 9.47 Å². The summed E-state index contributed by atoms with van der Waals surface area (Å²) in [6.07, 6.45) is 7.30. The van der Waals surface area contributed by atoms with E-state index in [0.29, 0.717) is 13.0 Å². The van der Waals surface area contributed by atoms with Crippen molar-refractivity contribution in [2.24, 2.45) is 11.8 Å². The second kappa shape index (κ2) is 12.5. The molecule has 2 aliphatic rings. The van der Waals surface area contributed by atoms with Gasteiger partial charge in [-0.25, -0.2) is 0 Å². The van der Waals surface area contributed by atoms with Crippen LogP contribution in [0.2, 0.25) is 0 Å². The summed E-state index contributed by atoms with van der Waals surface area (Å²) in [6, 6.07) is 0. The van der Waals surface area contributed by atoms with E-state index in [1.54, 1.807) is 0 Å². The van der Waals surface area contributed by atoms with Crippen LogP contribution in [0.1, 0.15) is 79.6 Å². The maximum atomic E-state index is 12.3. The minimum atomic E-state index is -0.201. The summed E-state index contributed by atoms with van der Waals surface area (Å²) in [5.74, 6) is -0.235. The fraction of sp³-hybridized carbons (Fsp3) is 0.895. The first-order chi connectivity index (χ1) is 10.7. The van der Waals surface area contributed by atoms with Gasteiger partial charge in [0.1, 0.15) is 5.78 Å².